The summed E-state index contributed by atoms with van der Waals surface area (Å²) in [6.45, 7) is 27.6. The Morgan fingerprint density at radius 1 is 0.262 bits per heavy atom. The summed E-state index contributed by atoms with van der Waals surface area (Å²) in [5.74, 6) is 0. The number of hydrogen-bond acceptors (Lipinski definition) is 24. The fourth-order valence-corrected chi connectivity index (χ4v) is 9.14. The van der Waals surface area contributed by atoms with Gasteiger partial charge in [0, 0.05) is 0 Å². The van der Waals surface area contributed by atoms with Crippen LogP contribution >= 0.6 is 0 Å². The number of hydrogen-bond donors (Lipinski definition) is 0. The first-order valence-corrected chi connectivity index (χ1v) is 27.5. The van der Waals surface area contributed by atoms with Gasteiger partial charge >= 0.3 is 0 Å². The monoisotopic (exact) mass is 1150 g/mol. The van der Waals surface area contributed by atoms with E-state index in [1.807, 2.05) is 114 Å². The van der Waals surface area contributed by atoms with E-state index < -0.39 is 0 Å². The Kier molecular flexibility index (Phi) is 17.1. The molecule has 0 bridgehead atoms. The first-order valence-electron chi connectivity index (χ1n) is 27.5. The quantitative estimate of drug-likeness (QED) is 0.167. The van der Waals surface area contributed by atoms with Crippen LogP contribution in [-0.4, -0.2) is 180 Å². The third kappa shape index (κ3) is 12.4. The molecule has 0 spiro atoms. The number of fused-ring (bicyclic) bond motifs is 9. The Morgan fingerprint density at radius 3 is 0.750 bits per heavy atom. The van der Waals surface area contributed by atoms with E-state index in [9.17, 15) is 0 Å². The zero-order valence-electron chi connectivity index (χ0n) is 49.0. The van der Waals surface area contributed by atoms with Crippen LogP contribution in [0.15, 0.2) is 37.2 Å². The van der Waals surface area contributed by atoms with Gasteiger partial charge in [0.2, 0.25) is 0 Å². The maximum Gasteiger partial charge on any atom is 0.138 e. The molecule has 0 atom stereocenters. The highest BCUT2D eigenvalue weighted by Crippen LogP contribution is 2.31. The van der Waals surface area contributed by atoms with Crippen LogP contribution in [0.4, 0.5) is 0 Å². The highest BCUT2D eigenvalue weighted by molar-refractivity contribution is 5.63. The van der Waals surface area contributed by atoms with Gasteiger partial charge < -0.3 is 0 Å². The van der Waals surface area contributed by atoms with Gasteiger partial charge in [-0.05, 0) is 80.1 Å². The van der Waals surface area contributed by atoms with Crippen LogP contribution in [0.3, 0.4) is 0 Å². The number of rotatable bonds is 12. The fraction of sp³-hybridized carbons (Fsp3) is 0.500. The molecule has 0 saturated heterocycles. The van der Waals surface area contributed by atoms with Crippen molar-refractivity contribution in [3.63, 3.8) is 0 Å². The van der Waals surface area contributed by atoms with E-state index in [2.05, 4.69) is 158 Å². The topological polar surface area (TPSA) is 369 Å². The Labute approximate surface area is 479 Å². The lowest BCUT2D eigenvalue weighted by Gasteiger charge is -1.97. The van der Waals surface area contributed by atoms with E-state index in [0.717, 1.165) is 141 Å². The molecule has 0 saturated carbocycles. The second-order valence-electron chi connectivity index (χ2n) is 19.6. The zero-order chi connectivity index (χ0) is 59.0. The summed E-state index contributed by atoms with van der Waals surface area (Å²) < 4.78 is 21.6. The highest BCUT2D eigenvalue weighted by Gasteiger charge is 2.30. The van der Waals surface area contributed by atoms with E-state index in [-0.39, 0.29) is 0 Å². The van der Waals surface area contributed by atoms with Gasteiger partial charge in [-0.2, -0.15) is 0 Å². The molecule has 12 aromatic rings. The molecule has 15 heterocycles. The summed E-state index contributed by atoms with van der Waals surface area (Å²) in [5, 5.41) is 96.1. The van der Waals surface area contributed by atoms with Crippen molar-refractivity contribution >= 4 is 0 Å². The first kappa shape index (κ1) is 56.9. The Bertz CT molecular complexity index is 3900. The summed E-state index contributed by atoms with van der Waals surface area (Å²) >= 11 is 0. The molecule has 3 aliphatic heterocycles. The fourth-order valence-electron chi connectivity index (χ4n) is 9.14. The van der Waals surface area contributed by atoms with Crippen molar-refractivity contribution in [3.05, 3.63) is 106 Å². The molecule has 0 N–H and O–H groups in total. The standard InChI is InChI=1S/C9H12N6.C9H14N6.C8H10N6.C8H12N6.C7H8N6.C7H10N6/c1-3-6-8-9-7(4-2)11-13-15(9)5-14(8)12-10-6;1-3-8-5-14(12-10-8)7-15-6-9(4-2)11-13-15;1-3-6-8-7-5(2)9-11-13(7)4-14(8)12-10-6;1-3-8-5-14(12-10-8)6-13-4-7(2)9-11-13;1-4-6-7-5(2)9-11-13(7)3-12(6)10-8-4;1-6-3-12(10-8-6)5-13-4-7(2)9-11-13/h3-5H2,1-2H3;5-6H,3-4,7H2,1-2H3;3-4H2,1-2H3;4-5H,3,6H2,1-2H3;3H2,1-2H3;3-4H,5H2,1-2H3. The second kappa shape index (κ2) is 25.2. The molecule has 0 aliphatic carbocycles. The Balaban J connectivity index is 0.000000112. The molecule has 36 heteroatoms. The summed E-state index contributed by atoms with van der Waals surface area (Å²) in [4.78, 5) is 0. The number of aryl methyl sites for hydroxylation is 12. The van der Waals surface area contributed by atoms with Crippen molar-refractivity contribution in [1.82, 2.24) is 180 Å². The van der Waals surface area contributed by atoms with Gasteiger partial charge in [0.1, 0.15) is 74.2 Å². The third-order valence-electron chi connectivity index (χ3n) is 13.3. The smallest absolute Gasteiger partial charge is 0.138 e. The van der Waals surface area contributed by atoms with Gasteiger partial charge in [-0.25, -0.2) is 56.2 Å². The third-order valence-corrected chi connectivity index (χ3v) is 13.3. The highest BCUT2D eigenvalue weighted by atomic mass is 15.6. The van der Waals surface area contributed by atoms with Crippen LogP contribution in [0.2, 0.25) is 0 Å². The Hall–Kier alpha value is -10.3. The van der Waals surface area contributed by atoms with Gasteiger partial charge in [-0.3, -0.25) is 0 Å². The lowest BCUT2D eigenvalue weighted by molar-refractivity contribution is 0.478. The summed E-state index contributed by atoms with van der Waals surface area (Å²) in [6, 6.07) is 0. The summed E-state index contributed by atoms with van der Waals surface area (Å²) in [7, 11) is 0. The maximum absolute atomic E-state index is 4.15. The molecule has 15 rings (SSSR count). The predicted octanol–water partition coefficient (Wildman–Crippen LogP) is 1.42. The Morgan fingerprint density at radius 2 is 0.500 bits per heavy atom. The molecule has 0 unspecified atom stereocenters. The minimum atomic E-state index is 0.557. The molecule has 3 aliphatic rings. The lowest BCUT2D eigenvalue weighted by atomic mass is 10.1. The van der Waals surface area contributed by atoms with E-state index in [1.165, 1.54) is 0 Å². The van der Waals surface area contributed by atoms with Crippen LogP contribution in [-0.2, 0) is 78.5 Å². The maximum atomic E-state index is 4.15. The van der Waals surface area contributed by atoms with E-state index in [0.29, 0.717) is 40.0 Å². The van der Waals surface area contributed by atoms with Gasteiger partial charge in [-0.1, -0.05) is 104 Å². The minimum absolute atomic E-state index is 0.557. The van der Waals surface area contributed by atoms with Crippen LogP contribution in [0.1, 0.15) is 110 Å². The molecular formula is C48H66N36. The largest absolute Gasteiger partial charge is 0.231 e. The minimum Gasteiger partial charge on any atom is -0.231 e. The van der Waals surface area contributed by atoms with Gasteiger partial charge in [0.05, 0.1) is 106 Å². The first-order chi connectivity index (χ1) is 40.8. The predicted molar refractivity (Wildman–Crippen MR) is 294 cm³/mol. The van der Waals surface area contributed by atoms with Crippen molar-refractivity contribution in [3.8, 4) is 34.2 Å². The lowest BCUT2D eigenvalue weighted by Crippen LogP contribution is -2.09. The molecule has 438 valence electrons. The van der Waals surface area contributed by atoms with Crippen molar-refractivity contribution in [2.24, 2.45) is 0 Å². The SMILES string of the molecule is CCc1cn(Cn2cc(C)nn2)nn1.CCc1cn(Cn2cc(CC)nn2)nn1.CCc1nnn2c1-c1c(C)nnn1C2.CCc1nnn2c1-c1c(CC)nnn1C2.Cc1cn(Cn2cc(C)nn2)nn1.Cc1nnn2c1-c1c(C)nnn1C2. The van der Waals surface area contributed by atoms with Gasteiger partial charge in [0.25, 0.3) is 0 Å². The van der Waals surface area contributed by atoms with Crippen LogP contribution in [0.25, 0.3) is 34.2 Å². The summed E-state index contributed by atoms with van der Waals surface area (Å²) in [5.41, 5.74) is 18.0. The van der Waals surface area contributed by atoms with Gasteiger partial charge in [-0.15, -0.1) is 61.2 Å². The average molecular weight is 1150 g/mol. The van der Waals surface area contributed by atoms with E-state index >= 15 is 0 Å². The van der Waals surface area contributed by atoms with Crippen molar-refractivity contribution < 1.29 is 0 Å². The number of nitrogens with zero attached hydrogens (tertiary/aromatic N) is 36. The molecule has 36 nitrogen and oxygen atoms in total. The van der Waals surface area contributed by atoms with Crippen molar-refractivity contribution in [2.75, 3.05) is 0 Å². The van der Waals surface area contributed by atoms with Gasteiger partial charge in [0.15, 0.2) is 0 Å². The van der Waals surface area contributed by atoms with Crippen LogP contribution in [0, 0.1) is 41.5 Å². The molecule has 84 heavy (non-hydrogen) atoms. The molecule has 0 amide bonds. The second-order valence-corrected chi connectivity index (χ2v) is 19.6. The van der Waals surface area contributed by atoms with Crippen LogP contribution in [0.5, 0.6) is 0 Å². The van der Waals surface area contributed by atoms with Crippen LogP contribution < -0.4 is 0 Å². The van der Waals surface area contributed by atoms with E-state index in [1.54, 1.807) is 28.1 Å². The molecule has 0 radical (unpaired) electrons. The number of aromatic nitrogens is 36. The van der Waals surface area contributed by atoms with Crippen molar-refractivity contribution in [2.45, 2.75) is 162 Å². The average Bonchev–Trinajstić information content (AvgIpc) is 2.47. The van der Waals surface area contributed by atoms with E-state index in [4.69, 9.17) is 0 Å². The molecular weight excluding hydrogens is 1080 g/mol. The molecule has 12 aromatic heterocycles. The zero-order valence-corrected chi connectivity index (χ0v) is 49.0. The van der Waals surface area contributed by atoms with Crippen molar-refractivity contribution in [1.29, 1.82) is 0 Å². The normalized spacial score (nSPS) is 11.9. The molecule has 0 fully saturated rings. The molecule has 0 aromatic carbocycles. The summed E-state index contributed by atoms with van der Waals surface area (Å²) in [6.07, 6.45) is 16.7.